The number of hydrogen-bond donors (Lipinski definition) is 0. The van der Waals surface area contributed by atoms with Crippen LogP contribution in [-0.4, -0.2) is 12.1 Å². The van der Waals surface area contributed by atoms with Crippen LogP contribution in [0.4, 0.5) is 0 Å². The van der Waals surface area contributed by atoms with E-state index in [1.54, 1.807) is 7.11 Å². The van der Waals surface area contributed by atoms with Gasteiger partial charge in [-0.3, -0.25) is 0 Å². The maximum atomic E-state index is 6.07. The van der Waals surface area contributed by atoms with Crippen molar-refractivity contribution in [3.05, 3.63) is 60.2 Å². The summed E-state index contributed by atoms with van der Waals surface area (Å²) in [5, 5.41) is 1.11. The summed E-state index contributed by atoms with van der Waals surface area (Å²) in [6, 6.07) is 18.0. The molecule has 1 aromatic heterocycles. The van der Waals surface area contributed by atoms with Crippen LogP contribution in [0.15, 0.2) is 54.6 Å². The van der Waals surface area contributed by atoms with Gasteiger partial charge in [-0.15, -0.1) is 11.6 Å². The summed E-state index contributed by atoms with van der Waals surface area (Å²) < 4.78 is 5.18. The summed E-state index contributed by atoms with van der Waals surface area (Å²) in [6.07, 6.45) is 0. The zero-order valence-corrected chi connectivity index (χ0v) is 11.9. The minimum absolute atomic E-state index is 0.478. The van der Waals surface area contributed by atoms with E-state index >= 15 is 0 Å². The molecule has 20 heavy (non-hydrogen) atoms. The number of nitrogens with zero attached hydrogens (tertiary/aromatic N) is 1. The average molecular weight is 284 g/mol. The lowest BCUT2D eigenvalue weighted by Gasteiger charge is -2.08. The molecule has 0 radical (unpaired) electrons. The van der Waals surface area contributed by atoms with E-state index < -0.39 is 0 Å². The fourth-order valence-electron chi connectivity index (χ4n) is 2.27. The number of benzene rings is 2. The molecule has 2 aromatic carbocycles. The first kappa shape index (κ1) is 12.9. The molecule has 0 saturated heterocycles. The van der Waals surface area contributed by atoms with Crippen LogP contribution < -0.4 is 4.74 Å². The molecule has 3 rings (SSSR count). The molecule has 1 heterocycles. The molecule has 0 atom stereocenters. The summed E-state index contributed by atoms with van der Waals surface area (Å²) in [5.41, 5.74) is 4.06. The molecule has 0 fully saturated rings. The highest BCUT2D eigenvalue weighted by Gasteiger charge is 2.06. The molecule has 0 saturated carbocycles. The number of para-hydroxylation sites is 1. The summed E-state index contributed by atoms with van der Waals surface area (Å²) in [7, 11) is 1.66. The summed E-state index contributed by atoms with van der Waals surface area (Å²) in [4.78, 5) is 4.71. The van der Waals surface area contributed by atoms with Crippen LogP contribution in [-0.2, 0) is 5.88 Å². The topological polar surface area (TPSA) is 22.1 Å². The lowest BCUT2D eigenvalue weighted by Crippen LogP contribution is -1.91. The van der Waals surface area contributed by atoms with Crippen molar-refractivity contribution in [1.29, 1.82) is 0 Å². The highest BCUT2D eigenvalue weighted by Crippen LogP contribution is 2.27. The van der Waals surface area contributed by atoms with Crippen LogP contribution in [0.1, 0.15) is 5.56 Å². The number of pyridine rings is 1. The third kappa shape index (κ3) is 2.35. The largest absolute Gasteiger partial charge is 0.497 e. The predicted octanol–water partition coefficient (Wildman–Crippen LogP) is 4.65. The second-order valence-electron chi connectivity index (χ2n) is 4.55. The fraction of sp³-hybridized carbons (Fsp3) is 0.118. The molecule has 2 nitrogen and oxygen atoms in total. The fourth-order valence-corrected chi connectivity index (χ4v) is 2.49. The second-order valence-corrected chi connectivity index (χ2v) is 4.81. The standard InChI is InChI=1S/C17H14ClNO/c1-20-14-8-6-12(7-9-14)17-10-13(11-18)15-4-2-3-5-16(15)19-17/h2-10H,11H2,1H3. The van der Waals surface area contributed by atoms with Gasteiger partial charge in [-0.05, 0) is 42.0 Å². The van der Waals surface area contributed by atoms with E-state index in [9.17, 15) is 0 Å². The second kappa shape index (κ2) is 5.51. The first-order valence-electron chi connectivity index (χ1n) is 6.41. The zero-order valence-electron chi connectivity index (χ0n) is 11.1. The molecule has 0 amide bonds. The van der Waals surface area contributed by atoms with Gasteiger partial charge in [-0.1, -0.05) is 18.2 Å². The van der Waals surface area contributed by atoms with Gasteiger partial charge in [0.15, 0.2) is 0 Å². The van der Waals surface area contributed by atoms with Gasteiger partial charge in [0.25, 0.3) is 0 Å². The van der Waals surface area contributed by atoms with Gasteiger partial charge in [-0.25, -0.2) is 4.98 Å². The number of fused-ring (bicyclic) bond motifs is 1. The third-order valence-electron chi connectivity index (χ3n) is 3.33. The minimum atomic E-state index is 0.478. The average Bonchev–Trinajstić information content (AvgIpc) is 2.54. The Morgan fingerprint density at radius 1 is 1.05 bits per heavy atom. The molecule has 0 N–H and O–H groups in total. The van der Waals surface area contributed by atoms with E-state index in [1.807, 2.05) is 42.5 Å². The van der Waals surface area contributed by atoms with Gasteiger partial charge in [0.1, 0.15) is 5.75 Å². The third-order valence-corrected chi connectivity index (χ3v) is 3.62. The number of hydrogen-bond acceptors (Lipinski definition) is 2. The van der Waals surface area contributed by atoms with Crippen molar-refractivity contribution in [3.8, 4) is 17.0 Å². The van der Waals surface area contributed by atoms with Crippen LogP contribution in [0.5, 0.6) is 5.75 Å². The molecule has 0 aliphatic carbocycles. The van der Waals surface area contributed by atoms with Crippen molar-refractivity contribution < 1.29 is 4.74 Å². The number of aromatic nitrogens is 1. The Balaban J connectivity index is 2.15. The van der Waals surface area contributed by atoms with Gasteiger partial charge in [0, 0.05) is 16.8 Å². The summed E-state index contributed by atoms with van der Waals surface area (Å²) in [6.45, 7) is 0. The lowest BCUT2D eigenvalue weighted by molar-refractivity contribution is 0.415. The first-order valence-corrected chi connectivity index (χ1v) is 6.94. The Kier molecular flexibility index (Phi) is 3.57. The van der Waals surface area contributed by atoms with Gasteiger partial charge < -0.3 is 4.74 Å². The lowest BCUT2D eigenvalue weighted by atomic mass is 10.1. The number of halogens is 1. The Hall–Kier alpha value is -2.06. The Labute approximate surface area is 123 Å². The normalized spacial score (nSPS) is 10.7. The van der Waals surface area contributed by atoms with E-state index in [-0.39, 0.29) is 0 Å². The van der Waals surface area contributed by atoms with Crippen molar-refractivity contribution in [2.24, 2.45) is 0 Å². The number of rotatable bonds is 3. The van der Waals surface area contributed by atoms with E-state index in [0.717, 1.165) is 33.5 Å². The number of methoxy groups -OCH3 is 1. The molecule has 0 unspecified atom stereocenters. The highest BCUT2D eigenvalue weighted by molar-refractivity contribution is 6.18. The van der Waals surface area contributed by atoms with Gasteiger partial charge >= 0.3 is 0 Å². The van der Waals surface area contributed by atoms with Crippen LogP contribution in [0.2, 0.25) is 0 Å². The summed E-state index contributed by atoms with van der Waals surface area (Å²) in [5.74, 6) is 1.32. The van der Waals surface area contributed by atoms with Gasteiger partial charge in [0.05, 0.1) is 18.3 Å². The predicted molar refractivity (Wildman–Crippen MR) is 83.3 cm³/mol. The molecule has 0 spiro atoms. The van der Waals surface area contributed by atoms with Crippen molar-refractivity contribution in [2.75, 3.05) is 7.11 Å². The van der Waals surface area contributed by atoms with Crippen LogP contribution in [0, 0.1) is 0 Å². The molecular formula is C17H14ClNO. The molecular weight excluding hydrogens is 270 g/mol. The zero-order chi connectivity index (χ0) is 13.9. The molecule has 0 aliphatic heterocycles. The van der Waals surface area contributed by atoms with E-state index in [4.69, 9.17) is 21.3 Å². The Morgan fingerprint density at radius 2 is 1.80 bits per heavy atom. The SMILES string of the molecule is COc1ccc(-c2cc(CCl)c3ccccc3n2)cc1. The monoisotopic (exact) mass is 283 g/mol. The van der Waals surface area contributed by atoms with Crippen molar-refractivity contribution in [1.82, 2.24) is 4.98 Å². The van der Waals surface area contributed by atoms with Crippen molar-refractivity contribution >= 4 is 22.5 Å². The molecule has 3 heteroatoms. The van der Waals surface area contributed by atoms with Crippen LogP contribution >= 0.6 is 11.6 Å². The van der Waals surface area contributed by atoms with Crippen molar-refractivity contribution in [3.63, 3.8) is 0 Å². The molecule has 3 aromatic rings. The number of ether oxygens (including phenoxy) is 1. The highest BCUT2D eigenvalue weighted by atomic mass is 35.5. The molecule has 0 bridgehead atoms. The van der Waals surface area contributed by atoms with Crippen LogP contribution in [0.3, 0.4) is 0 Å². The molecule has 0 aliphatic rings. The van der Waals surface area contributed by atoms with Gasteiger partial charge in [0.2, 0.25) is 0 Å². The van der Waals surface area contributed by atoms with Crippen LogP contribution in [0.25, 0.3) is 22.2 Å². The van der Waals surface area contributed by atoms with Crippen molar-refractivity contribution in [2.45, 2.75) is 5.88 Å². The van der Waals surface area contributed by atoms with Gasteiger partial charge in [-0.2, -0.15) is 0 Å². The molecule has 100 valence electrons. The quantitative estimate of drug-likeness (QED) is 0.653. The number of alkyl halides is 1. The Bertz CT molecular complexity index is 738. The maximum absolute atomic E-state index is 6.07. The minimum Gasteiger partial charge on any atom is -0.497 e. The summed E-state index contributed by atoms with van der Waals surface area (Å²) >= 11 is 6.07. The van der Waals surface area contributed by atoms with E-state index in [2.05, 4.69) is 12.1 Å². The Morgan fingerprint density at radius 3 is 2.50 bits per heavy atom. The maximum Gasteiger partial charge on any atom is 0.118 e. The van der Waals surface area contributed by atoms with E-state index in [0.29, 0.717) is 5.88 Å². The van der Waals surface area contributed by atoms with E-state index in [1.165, 1.54) is 0 Å². The first-order chi connectivity index (χ1) is 9.81. The smallest absolute Gasteiger partial charge is 0.118 e.